The van der Waals surface area contributed by atoms with Gasteiger partial charge in [0.2, 0.25) is 0 Å². The summed E-state index contributed by atoms with van der Waals surface area (Å²) >= 11 is 0. The molecule has 0 nitrogen and oxygen atoms in total. The predicted octanol–water partition coefficient (Wildman–Crippen LogP) is 2.47. The molecule has 9 heavy (non-hydrogen) atoms. The molecule has 0 bridgehead atoms. The van der Waals surface area contributed by atoms with Gasteiger partial charge in [-0.3, -0.25) is 0 Å². The van der Waals surface area contributed by atoms with Crippen LogP contribution >= 0.6 is 0 Å². The van der Waals surface area contributed by atoms with Crippen molar-refractivity contribution in [1.82, 2.24) is 0 Å². The van der Waals surface area contributed by atoms with E-state index in [-0.39, 0.29) is 0 Å². The van der Waals surface area contributed by atoms with Crippen LogP contribution in [0.3, 0.4) is 0 Å². The summed E-state index contributed by atoms with van der Waals surface area (Å²) in [5.74, 6) is 2.64. The maximum atomic E-state index is 5.09. The average molecular weight is 122 g/mol. The maximum absolute atomic E-state index is 5.09. The van der Waals surface area contributed by atoms with Crippen molar-refractivity contribution in [1.29, 1.82) is 0 Å². The van der Waals surface area contributed by atoms with E-state index in [0.717, 1.165) is 6.42 Å². The van der Waals surface area contributed by atoms with E-state index in [4.69, 9.17) is 7.33 Å². The molecule has 0 aliphatic carbocycles. The minimum atomic E-state index is 0.962. The van der Waals surface area contributed by atoms with Crippen LogP contribution in [0.25, 0.3) is 0 Å². The van der Waals surface area contributed by atoms with Crippen molar-refractivity contribution in [2.24, 2.45) is 0 Å². The molecule has 0 saturated heterocycles. The molecule has 0 heterocycles. The van der Waals surface area contributed by atoms with Crippen LogP contribution in [0.2, 0.25) is 0 Å². The van der Waals surface area contributed by atoms with Crippen LogP contribution < -0.4 is 0 Å². The number of rotatable bonds is 5. The normalized spacial score (nSPS) is 9.22. The fourth-order valence-electron chi connectivity index (χ4n) is 0.831. The Kier molecular flexibility index (Phi) is 7.71. The second-order valence-electron chi connectivity index (χ2n) is 2.37. The predicted molar refractivity (Wildman–Crippen MR) is 43.0 cm³/mol. The van der Waals surface area contributed by atoms with E-state index in [1.807, 2.05) is 0 Å². The third kappa shape index (κ3) is 7.84. The first kappa shape index (κ1) is 8.84. The molecule has 0 aliphatic heterocycles. The van der Waals surface area contributed by atoms with E-state index >= 15 is 0 Å². The van der Waals surface area contributed by atoms with Gasteiger partial charge in [0.25, 0.3) is 0 Å². The van der Waals surface area contributed by atoms with Crippen LogP contribution in [0, 0.1) is 5.80 Å². The first-order valence-corrected chi connectivity index (χ1v) is 3.85. The zero-order valence-electron chi connectivity index (χ0n) is 6.32. The molecular weight excluding hydrogens is 107 g/mol. The summed E-state index contributed by atoms with van der Waals surface area (Å²) in [4.78, 5) is 0. The van der Waals surface area contributed by atoms with Crippen LogP contribution in [-0.2, 0) is 0 Å². The summed E-state index contributed by atoms with van der Waals surface area (Å²) in [7, 11) is 5.09. The van der Waals surface area contributed by atoms with E-state index in [2.05, 4.69) is 12.7 Å². The first-order valence-electron chi connectivity index (χ1n) is 3.85. The Morgan fingerprint density at radius 2 is 1.78 bits per heavy atom. The molecule has 0 radical (unpaired) electrons. The molecule has 0 rings (SSSR count). The third-order valence-corrected chi connectivity index (χ3v) is 1.42. The van der Waals surface area contributed by atoms with E-state index in [9.17, 15) is 0 Å². The Morgan fingerprint density at radius 1 is 1.11 bits per heavy atom. The van der Waals surface area contributed by atoms with Gasteiger partial charge in [-0.25, -0.2) is 0 Å². The molecule has 0 aliphatic rings. The molecule has 0 fully saturated rings. The van der Waals surface area contributed by atoms with Crippen molar-refractivity contribution >= 4 is 7.33 Å². The second-order valence-corrected chi connectivity index (χ2v) is 2.37. The van der Waals surface area contributed by atoms with Crippen molar-refractivity contribution in [3.8, 4) is 5.80 Å². The summed E-state index contributed by atoms with van der Waals surface area (Å²) in [5.41, 5.74) is 0. The molecule has 0 aromatic carbocycles. The number of hydrogen-bond donors (Lipinski definition) is 0. The van der Waals surface area contributed by atoms with E-state index in [1.165, 1.54) is 32.1 Å². The van der Waals surface area contributed by atoms with Crippen LogP contribution in [0.1, 0.15) is 45.4 Å². The topological polar surface area (TPSA) is 0 Å². The molecule has 0 aromatic heterocycles. The Bertz CT molecular complexity index is 81.1. The van der Waals surface area contributed by atoms with Gasteiger partial charge in [-0.15, -0.1) is 0 Å². The van der Waals surface area contributed by atoms with E-state index in [1.54, 1.807) is 0 Å². The molecule has 0 amide bonds. The second kappa shape index (κ2) is 7.84. The summed E-state index contributed by atoms with van der Waals surface area (Å²) in [6.45, 7) is 2.22. The quantitative estimate of drug-likeness (QED) is 0.388. The first-order chi connectivity index (χ1) is 4.41. The Morgan fingerprint density at radius 3 is 2.33 bits per heavy atom. The van der Waals surface area contributed by atoms with Crippen LogP contribution in [-0.4, -0.2) is 7.33 Å². The molecule has 50 valence electrons. The van der Waals surface area contributed by atoms with Crippen molar-refractivity contribution in [3.05, 3.63) is 0 Å². The van der Waals surface area contributed by atoms with E-state index < -0.39 is 0 Å². The minimum absolute atomic E-state index is 0.962. The molecule has 0 N–H and O–H groups in total. The van der Waals surface area contributed by atoms with Crippen molar-refractivity contribution in [2.45, 2.75) is 45.4 Å². The van der Waals surface area contributed by atoms with Crippen LogP contribution in [0.4, 0.5) is 0 Å². The van der Waals surface area contributed by atoms with Crippen molar-refractivity contribution < 1.29 is 0 Å². The van der Waals surface area contributed by atoms with Crippen molar-refractivity contribution in [2.75, 3.05) is 0 Å². The summed E-state index contributed by atoms with van der Waals surface area (Å²) in [5, 5.41) is 0. The van der Waals surface area contributed by atoms with Crippen molar-refractivity contribution in [3.63, 3.8) is 0 Å². The van der Waals surface area contributed by atoms with Gasteiger partial charge in [0.1, 0.15) is 0 Å². The van der Waals surface area contributed by atoms with Gasteiger partial charge in [-0.1, -0.05) is 0 Å². The van der Waals surface area contributed by atoms with Gasteiger partial charge >= 0.3 is 58.6 Å². The Balaban J connectivity index is 2.69. The van der Waals surface area contributed by atoms with Crippen LogP contribution in [0.5, 0.6) is 0 Å². The molecule has 0 aromatic rings. The fraction of sp³-hybridized carbons (Fsp3) is 0.875. The number of unbranched alkanes of at least 4 members (excludes halogenated alkanes) is 5. The number of hydrogen-bond acceptors (Lipinski definition) is 0. The van der Waals surface area contributed by atoms with Gasteiger partial charge < -0.3 is 0 Å². The average Bonchev–Trinajstić information content (AvgIpc) is 1.89. The van der Waals surface area contributed by atoms with Gasteiger partial charge in [0, 0.05) is 0 Å². The Labute approximate surface area is 59.4 Å². The molecule has 0 saturated carbocycles. The monoisotopic (exact) mass is 122 g/mol. The van der Waals surface area contributed by atoms with Gasteiger partial charge in [0.05, 0.1) is 0 Å². The molecule has 0 unspecified atom stereocenters. The summed E-state index contributed by atoms with van der Waals surface area (Å²) < 4.78 is 0. The van der Waals surface area contributed by atoms with Gasteiger partial charge in [0.15, 0.2) is 0 Å². The zero-order valence-corrected chi connectivity index (χ0v) is 6.32. The SMILES string of the molecule is B#CCCCCCCC. The molecular formula is C8H15B. The van der Waals surface area contributed by atoms with E-state index in [0.29, 0.717) is 0 Å². The van der Waals surface area contributed by atoms with Gasteiger partial charge in [-0.2, -0.15) is 0 Å². The standard InChI is InChI=1S/C8H15B/c1-2-3-4-5-6-7-8-9/h2-7H2,1H3. The zero-order chi connectivity index (χ0) is 6.95. The van der Waals surface area contributed by atoms with Gasteiger partial charge in [-0.05, 0) is 0 Å². The van der Waals surface area contributed by atoms with Crippen LogP contribution in [0.15, 0.2) is 0 Å². The molecule has 0 atom stereocenters. The molecule has 0 spiro atoms. The summed E-state index contributed by atoms with van der Waals surface area (Å²) in [6.07, 6.45) is 7.54. The fourth-order valence-corrected chi connectivity index (χ4v) is 0.831. The molecule has 1 heteroatoms. The summed E-state index contributed by atoms with van der Waals surface area (Å²) in [6, 6.07) is 0. The third-order valence-electron chi connectivity index (χ3n) is 1.42. The Hall–Kier alpha value is -0.155.